The third-order valence-electron chi connectivity index (χ3n) is 2.70. The highest BCUT2D eigenvalue weighted by atomic mass is 79.9. The van der Waals surface area contributed by atoms with Gasteiger partial charge in [-0.15, -0.1) is 0 Å². The van der Waals surface area contributed by atoms with Crippen LogP contribution in [0.4, 0.5) is 5.69 Å². The van der Waals surface area contributed by atoms with E-state index in [2.05, 4.69) is 0 Å². The summed E-state index contributed by atoms with van der Waals surface area (Å²) in [6.07, 6.45) is 1.87. The molecule has 19 heavy (non-hydrogen) atoms. The van der Waals surface area contributed by atoms with E-state index in [1.165, 1.54) is 12.1 Å². The Morgan fingerprint density at radius 2 is 1.84 bits per heavy atom. The predicted molar refractivity (Wildman–Crippen MR) is 64.8 cm³/mol. The fraction of sp³-hybridized carbons (Fsp3) is 0.154. The molecule has 2 rings (SSSR count). The highest BCUT2D eigenvalue weighted by molar-refractivity contribution is 5.32. The summed E-state index contributed by atoms with van der Waals surface area (Å²) in [5, 5.41) is 19.7. The Balaban J connectivity index is 0.00000180. The van der Waals surface area contributed by atoms with Gasteiger partial charge in [-0.1, -0.05) is 6.07 Å². The average molecular weight is 325 g/mol. The van der Waals surface area contributed by atoms with Gasteiger partial charge in [0.15, 0.2) is 12.7 Å². The Labute approximate surface area is 121 Å². The second-order valence-corrected chi connectivity index (χ2v) is 3.90. The van der Waals surface area contributed by atoms with Gasteiger partial charge in [-0.3, -0.25) is 10.1 Å². The van der Waals surface area contributed by atoms with Crippen LogP contribution in [0.3, 0.4) is 0 Å². The van der Waals surface area contributed by atoms with Crippen molar-refractivity contribution < 1.29 is 31.6 Å². The van der Waals surface area contributed by atoms with E-state index in [9.17, 15) is 15.2 Å². The maximum Gasteiger partial charge on any atom is 0.269 e. The maximum absolute atomic E-state index is 10.5. The van der Waals surface area contributed by atoms with Gasteiger partial charge in [-0.05, 0) is 12.1 Å². The van der Waals surface area contributed by atoms with E-state index < -0.39 is 4.92 Å². The lowest BCUT2D eigenvalue weighted by molar-refractivity contribution is -0.697. The molecule has 1 heterocycles. The summed E-state index contributed by atoms with van der Waals surface area (Å²) in [6.45, 7) is 0.544. The van der Waals surface area contributed by atoms with Gasteiger partial charge in [0.1, 0.15) is 6.61 Å². The van der Waals surface area contributed by atoms with E-state index in [4.69, 9.17) is 0 Å². The van der Waals surface area contributed by atoms with Crippen molar-refractivity contribution in [1.82, 2.24) is 0 Å². The summed E-state index contributed by atoms with van der Waals surface area (Å²) in [4.78, 5) is 10.1. The van der Waals surface area contributed by atoms with Gasteiger partial charge in [0.2, 0.25) is 5.69 Å². The molecule has 100 valence electrons. The van der Waals surface area contributed by atoms with Crippen LogP contribution >= 0.6 is 0 Å². The molecule has 6 heteroatoms. The van der Waals surface area contributed by atoms with E-state index in [1.807, 2.05) is 29.0 Å². The largest absolute Gasteiger partial charge is 1.00 e. The minimum Gasteiger partial charge on any atom is -1.00 e. The first kappa shape index (κ1) is 15.3. The number of nitrogens with zero attached hydrogens (tertiary/aromatic N) is 2. The minimum atomic E-state index is -0.418. The van der Waals surface area contributed by atoms with Crippen molar-refractivity contribution in [2.45, 2.75) is 13.2 Å². The molecule has 0 unspecified atom stereocenters. The Morgan fingerprint density at radius 1 is 1.16 bits per heavy atom. The van der Waals surface area contributed by atoms with Crippen LogP contribution in [0.1, 0.15) is 11.3 Å². The van der Waals surface area contributed by atoms with Gasteiger partial charge in [0, 0.05) is 29.8 Å². The molecule has 0 spiro atoms. The number of hydrogen-bond donors (Lipinski definition) is 1. The van der Waals surface area contributed by atoms with Gasteiger partial charge < -0.3 is 22.1 Å². The molecule has 0 saturated heterocycles. The fourth-order valence-electron chi connectivity index (χ4n) is 1.73. The minimum absolute atomic E-state index is 0. The normalized spacial score (nSPS) is 9.74. The van der Waals surface area contributed by atoms with Crippen LogP contribution in [0.2, 0.25) is 0 Å². The van der Waals surface area contributed by atoms with Crippen molar-refractivity contribution in [2.75, 3.05) is 0 Å². The van der Waals surface area contributed by atoms with Gasteiger partial charge >= 0.3 is 0 Å². The van der Waals surface area contributed by atoms with Crippen LogP contribution < -0.4 is 21.5 Å². The molecule has 0 bridgehead atoms. The van der Waals surface area contributed by atoms with E-state index in [0.29, 0.717) is 6.54 Å². The van der Waals surface area contributed by atoms with Gasteiger partial charge in [-0.25, -0.2) is 0 Å². The number of non-ortho nitro benzene ring substituents is 1. The number of nitro benzene ring substituents is 1. The van der Waals surface area contributed by atoms with E-state index in [1.54, 1.807) is 12.1 Å². The molecule has 1 aromatic heterocycles. The molecule has 0 aliphatic rings. The molecular weight excluding hydrogens is 312 g/mol. The van der Waals surface area contributed by atoms with Crippen molar-refractivity contribution in [3.8, 4) is 0 Å². The third kappa shape index (κ3) is 3.84. The zero-order valence-electron chi connectivity index (χ0n) is 10.1. The Kier molecular flexibility index (Phi) is 5.59. The van der Waals surface area contributed by atoms with Gasteiger partial charge in [-0.2, -0.15) is 4.57 Å². The SMILES string of the molecule is O=[N+]([O-])c1ccc(C[n+]2ccccc2CO)cc1.[Br-]. The second kappa shape index (κ2) is 6.96. The lowest BCUT2D eigenvalue weighted by Gasteiger charge is -2.01. The van der Waals surface area contributed by atoms with Crippen LogP contribution in [-0.4, -0.2) is 10.0 Å². The molecule has 0 aliphatic heterocycles. The number of aliphatic hydroxyl groups is 1. The number of nitro groups is 1. The number of aliphatic hydroxyl groups excluding tert-OH is 1. The van der Waals surface area contributed by atoms with Crippen LogP contribution in [-0.2, 0) is 13.2 Å². The third-order valence-corrected chi connectivity index (χ3v) is 2.70. The number of hydrogen-bond acceptors (Lipinski definition) is 3. The molecule has 0 saturated carbocycles. The summed E-state index contributed by atoms with van der Waals surface area (Å²) in [5.41, 5.74) is 1.83. The predicted octanol–water partition coefficient (Wildman–Crippen LogP) is -1.57. The van der Waals surface area contributed by atoms with Crippen LogP contribution in [0, 0.1) is 10.1 Å². The van der Waals surface area contributed by atoms with Crippen LogP contribution in [0.5, 0.6) is 0 Å². The molecule has 0 radical (unpaired) electrons. The zero-order chi connectivity index (χ0) is 13.0. The Bertz CT molecular complexity index is 558. The van der Waals surface area contributed by atoms with E-state index >= 15 is 0 Å². The molecule has 2 aromatic rings. The Morgan fingerprint density at radius 3 is 2.42 bits per heavy atom. The molecular formula is C13H13BrN2O3. The summed E-state index contributed by atoms with van der Waals surface area (Å²) in [5.74, 6) is 0. The lowest BCUT2D eigenvalue weighted by Crippen LogP contribution is -3.00. The summed E-state index contributed by atoms with van der Waals surface area (Å²) < 4.78 is 1.90. The number of pyridine rings is 1. The highest BCUT2D eigenvalue weighted by Gasteiger charge is 2.10. The number of aromatic nitrogens is 1. The van der Waals surface area contributed by atoms with Crippen molar-refractivity contribution in [1.29, 1.82) is 0 Å². The van der Waals surface area contributed by atoms with Crippen molar-refractivity contribution in [3.63, 3.8) is 0 Å². The Hall–Kier alpha value is -1.79. The van der Waals surface area contributed by atoms with Crippen molar-refractivity contribution in [2.24, 2.45) is 0 Å². The topological polar surface area (TPSA) is 67.2 Å². The smallest absolute Gasteiger partial charge is 0.269 e. The molecule has 5 nitrogen and oxygen atoms in total. The number of benzene rings is 1. The van der Waals surface area contributed by atoms with Gasteiger partial charge in [0.25, 0.3) is 5.69 Å². The zero-order valence-corrected chi connectivity index (χ0v) is 11.7. The first-order valence-electron chi connectivity index (χ1n) is 5.52. The van der Waals surface area contributed by atoms with Crippen molar-refractivity contribution >= 4 is 5.69 Å². The van der Waals surface area contributed by atoms with Crippen LogP contribution in [0.15, 0.2) is 48.7 Å². The molecule has 0 atom stereocenters. The second-order valence-electron chi connectivity index (χ2n) is 3.90. The standard InChI is InChI=1S/C13H13N2O3.BrH/c16-10-13-3-1-2-8-14(13)9-11-4-6-12(7-5-11)15(17)18;/h1-8,16H,9-10H2;1H/q+1;/p-1. The maximum atomic E-state index is 10.5. The monoisotopic (exact) mass is 324 g/mol. The average Bonchev–Trinajstić information content (AvgIpc) is 2.40. The fourth-order valence-corrected chi connectivity index (χ4v) is 1.73. The van der Waals surface area contributed by atoms with E-state index in [-0.39, 0.29) is 29.3 Å². The lowest BCUT2D eigenvalue weighted by atomic mass is 10.2. The molecule has 0 fully saturated rings. The quantitative estimate of drug-likeness (QED) is 0.419. The van der Waals surface area contributed by atoms with Gasteiger partial charge in [0.05, 0.1) is 4.92 Å². The molecule has 0 amide bonds. The summed E-state index contributed by atoms with van der Waals surface area (Å²) >= 11 is 0. The molecule has 0 aliphatic carbocycles. The molecule has 1 N–H and O–H groups in total. The molecule has 1 aromatic carbocycles. The summed E-state index contributed by atoms with van der Waals surface area (Å²) in [7, 11) is 0. The summed E-state index contributed by atoms with van der Waals surface area (Å²) in [6, 6.07) is 12.0. The van der Waals surface area contributed by atoms with E-state index in [0.717, 1.165) is 11.3 Å². The first-order chi connectivity index (χ1) is 8.70. The number of rotatable bonds is 4. The van der Waals surface area contributed by atoms with Crippen LogP contribution in [0.25, 0.3) is 0 Å². The first-order valence-corrected chi connectivity index (χ1v) is 5.52. The van der Waals surface area contributed by atoms with Crippen molar-refractivity contribution in [3.05, 3.63) is 70.0 Å². The highest BCUT2D eigenvalue weighted by Crippen LogP contribution is 2.11. The number of halogens is 1.